The zero-order chi connectivity index (χ0) is 16.8. The molecule has 4 heteroatoms. The predicted molar refractivity (Wildman–Crippen MR) is 94.9 cm³/mol. The van der Waals surface area contributed by atoms with Gasteiger partial charge in [-0.15, -0.1) is 0 Å². The zero-order valence-electron chi connectivity index (χ0n) is 13.0. The van der Waals surface area contributed by atoms with Crippen molar-refractivity contribution in [3.63, 3.8) is 0 Å². The van der Waals surface area contributed by atoms with Crippen molar-refractivity contribution in [2.45, 2.75) is 6.42 Å². The van der Waals surface area contributed by atoms with Crippen molar-refractivity contribution in [2.24, 2.45) is 0 Å². The molecule has 0 radical (unpaired) electrons. The van der Waals surface area contributed by atoms with E-state index in [2.05, 4.69) is 10.6 Å². The third kappa shape index (κ3) is 4.43. The summed E-state index contributed by atoms with van der Waals surface area (Å²) in [5.41, 5.74) is 3.19. The number of nitrogens with one attached hydrogen (secondary N) is 2. The lowest BCUT2D eigenvalue weighted by Gasteiger charge is -2.10. The van der Waals surface area contributed by atoms with E-state index >= 15 is 0 Å². The first kappa shape index (κ1) is 15.7. The topological polar surface area (TPSA) is 41.1 Å². The van der Waals surface area contributed by atoms with Crippen molar-refractivity contribution in [2.75, 3.05) is 10.6 Å². The van der Waals surface area contributed by atoms with Crippen LogP contribution in [0.15, 0.2) is 78.9 Å². The highest BCUT2D eigenvalue weighted by Crippen LogP contribution is 2.20. The first-order valence-electron chi connectivity index (χ1n) is 7.65. The molecule has 24 heavy (non-hydrogen) atoms. The number of amides is 1. The van der Waals surface area contributed by atoms with E-state index in [4.69, 9.17) is 0 Å². The van der Waals surface area contributed by atoms with Crippen LogP contribution in [-0.2, 0) is 11.2 Å². The molecule has 0 heterocycles. The molecule has 0 fully saturated rings. The molecule has 0 saturated carbocycles. The summed E-state index contributed by atoms with van der Waals surface area (Å²) in [5.74, 6) is -0.521. The lowest BCUT2D eigenvalue weighted by Crippen LogP contribution is -2.14. The van der Waals surface area contributed by atoms with Crippen molar-refractivity contribution in [3.8, 4) is 0 Å². The Morgan fingerprint density at radius 3 is 2.29 bits per heavy atom. The summed E-state index contributed by atoms with van der Waals surface area (Å²) in [6, 6.07) is 23.3. The van der Waals surface area contributed by atoms with E-state index in [0.717, 1.165) is 11.4 Å². The Balaban J connectivity index is 1.65. The maximum atomic E-state index is 13.2. The largest absolute Gasteiger partial charge is 0.355 e. The Bertz CT molecular complexity index is 834. The summed E-state index contributed by atoms with van der Waals surface area (Å²) < 4.78 is 13.2. The minimum atomic E-state index is -0.339. The third-order valence-corrected chi connectivity index (χ3v) is 3.46. The molecule has 0 atom stereocenters. The third-order valence-electron chi connectivity index (χ3n) is 3.46. The quantitative estimate of drug-likeness (QED) is 0.712. The Hall–Kier alpha value is -3.14. The Morgan fingerprint density at radius 1 is 0.792 bits per heavy atom. The number of carbonyl (C=O) groups is 1. The van der Waals surface area contributed by atoms with Gasteiger partial charge in [-0.1, -0.05) is 36.4 Å². The van der Waals surface area contributed by atoms with Gasteiger partial charge in [0.25, 0.3) is 0 Å². The second-order valence-corrected chi connectivity index (χ2v) is 5.43. The van der Waals surface area contributed by atoms with E-state index < -0.39 is 0 Å². The summed E-state index contributed by atoms with van der Waals surface area (Å²) in [7, 11) is 0. The lowest BCUT2D eigenvalue weighted by atomic mass is 10.1. The minimum Gasteiger partial charge on any atom is -0.355 e. The fourth-order valence-corrected chi connectivity index (χ4v) is 2.40. The maximum Gasteiger partial charge on any atom is 0.228 e. The number of halogens is 1. The first-order valence-corrected chi connectivity index (χ1v) is 7.65. The van der Waals surface area contributed by atoms with Crippen LogP contribution in [0.5, 0.6) is 0 Å². The molecular weight excluding hydrogens is 303 g/mol. The van der Waals surface area contributed by atoms with Gasteiger partial charge in [-0.05, 0) is 48.0 Å². The normalized spacial score (nSPS) is 10.2. The van der Waals surface area contributed by atoms with Crippen LogP contribution in [-0.4, -0.2) is 5.91 Å². The molecule has 0 saturated heterocycles. The van der Waals surface area contributed by atoms with Crippen molar-refractivity contribution in [1.29, 1.82) is 0 Å². The number of carbonyl (C=O) groups excluding carboxylic acids is 1. The molecule has 1 amide bonds. The van der Waals surface area contributed by atoms with E-state index in [1.54, 1.807) is 12.1 Å². The predicted octanol–water partition coefficient (Wildman–Crippen LogP) is 4.75. The van der Waals surface area contributed by atoms with Crippen LogP contribution in [0.4, 0.5) is 21.5 Å². The smallest absolute Gasteiger partial charge is 0.228 e. The van der Waals surface area contributed by atoms with Gasteiger partial charge in [0.2, 0.25) is 5.91 Å². The van der Waals surface area contributed by atoms with Crippen LogP contribution in [0.2, 0.25) is 0 Å². The van der Waals surface area contributed by atoms with Gasteiger partial charge in [-0.3, -0.25) is 4.79 Å². The van der Waals surface area contributed by atoms with Gasteiger partial charge in [-0.2, -0.15) is 0 Å². The molecule has 120 valence electrons. The second-order valence-electron chi connectivity index (χ2n) is 5.43. The number of hydrogen-bond acceptors (Lipinski definition) is 2. The molecule has 3 aromatic carbocycles. The summed E-state index contributed by atoms with van der Waals surface area (Å²) in [4.78, 5) is 12.1. The maximum absolute atomic E-state index is 13.2. The number of benzene rings is 3. The molecule has 0 spiro atoms. The highest BCUT2D eigenvalue weighted by atomic mass is 19.1. The summed E-state index contributed by atoms with van der Waals surface area (Å²) in [6.07, 6.45) is 0.133. The van der Waals surface area contributed by atoms with E-state index in [1.165, 1.54) is 12.1 Å². The van der Waals surface area contributed by atoms with Gasteiger partial charge in [0.1, 0.15) is 5.82 Å². The second kappa shape index (κ2) is 7.42. The molecule has 0 aliphatic carbocycles. The Morgan fingerprint density at radius 2 is 1.50 bits per heavy atom. The van der Waals surface area contributed by atoms with Crippen molar-refractivity contribution in [3.05, 3.63) is 90.2 Å². The molecule has 0 unspecified atom stereocenters. The highest BCUT2D eigenvalue weighted by molar-refractivity contribution is 5.92. The summed E-state index contributed by atoms with van der Waals surface area (Å²) in [5, 5.41) is 6.11. The molecular formula is C20H17FN2O. The lowest BCUT2D eigenvalue weighted by molar-refractivity contribution is -0.115. The van der Waals surface area contributed by atoms with E-state index in [9.17, 15) is 9.18 Å². The molecule has 2 N–H and O–H groups in total. The average Bonchev–Trinajstić information content (AvgIpc) is 2.56. The molecule has 0 aliphatic heterocycles. The highest BCUT2D eigenvalue weighted by Gasteiger charge is 2.05. The fraction of sp³-hybridized carbons (Fsp3) is 0.0500. The summed E-state index contributed by atoms with van der Waals surface area (Å²) >= 11 is 0. The Labute approximate surface area is 140 Å². The van der Waals surface area contributed by atoms with Crippen LogP contribution in [0.1, 0.15) is 5.56 Å². The van der Waals surface area contributed by atoms with Crippen molar-refractivity contribution < 1.29 is 9.18 Å². The van der Waals surface area contributed by atoms with E-state index in [1.807, 2.05) is 54.6 Å². The van der Waals surface area contributed by atoms with Crippen LogP contribution in [0.25, 0.3) is 0 Å². The van der Waals surface area contributed by atoms with Gasteiger partial charge >= 0.3 is 0 Å². The van der Waals surface area contributed by atoms with Crippen LogP contribution in [0, 0.1) is 5.82 Å². The van der Waals surface area contributed by atoms with Crippen molar-refractivity contribution in [1.82, 2.24) is 0 Å². The first-order chi connectivity index (χ1) is 11.7. The standard InChI is InChI=1S/C20H17FN2O/c21-16-7-4-6-15(12-16)13-20(24)23-19-11-5-10-18(14-19)22-17-8-2-1-3-9-17/h1-12,14,22H,13H2,(H,23,24). The number of anilines is 3. The van der Waals surface area contributed by atoms with Gasteiger partial charge in [-0.25, -0.2) is 4.39 Å². The molecule has 3 nitrogen and oxygen atoms in total. The van der Waals surface area contributed by atoms with Gasteiger partial charge in [0.05, 0.1) is 6.42 Å². The molecule has 3 rings (SSSR count). The van der Waals surface area contributed by atoms with Crippen LogP contribution < -0.4 is 10.6 Å². The fourth-order valence-electron chi connectivity index (χ4n) is 2.40. The van der Waals surface area contributed by atoms with Gasteiger partial charge in [0, 0.05) is 17.1 Å². The van der Waals surface area contributed by atoms with E-state index in [-0.39, 0.29) is 18.1 Å². The monoisotopic (exact) mass is 320 g/mol. The van der Waals surface area contributed by atoms with Crippen LogP contribution >= 0.6 is 0 Å². The minimum absolute atomic E-state index is 0.133. The van der Waals surface area contributed by atoms with Crippen LogP contribution in [0.3, 0.4) is 0 Å². The molecule has 3 aromatic rings. The Kier molecular flexibility index (Phi) is 4.87. The SMILES string of the molecule is O=C(Cc1cccc(F)c1)Nc1cccc(Nc2ccccc2)c1. The van der Waals surface area contributed by atoms with Crippen molar-refractivity contribution >= 4 is 23.0 Å². The number of para-hydroxylation sites is 1. The summed E-state index contributed by atoms with van der Waals surface area (Å²) in [6.45, 7) is 0. The molecule has 0 aromatic heterocycles. The van der Waals surface area contributed by atoms with Gasteiger partial charge in [0.15, 0.2) is 0 Å². The number of rotatable bonds is 5. The zero-order valence-corrected chi connectivity index (χ0v) is 13.0. The van der Waals surface area contributed by atoms with E-state index in [0.29, 0.717) is 11.3 Å². The van der Waals surface area contributed by atoms with Gasteiger partial charge < -0.3 is 10.6 Å². The molecule has 0 aliphatic rings. The molecule has 0 bridgehead atoms. The number of hydrogen-bond donors (Lipinski definition) is 2. The average molecular weight is 320 g/mol.